The van der Waals surface area contributed by atoms with Crippen molar-refractivity contribution in [3.8, 4) is 0 Å². The molecule has 0 aromatic carbocycles. The lowest BCUT2D eigenvalue weighted by Crippen LogP contribution is -2.58. The topological polar surface area (TPSA) is 51.9 Å². The summed E-state index contributed by atoms with van der Waals surface area (Å²) in [5.74, 6) is 0.747. The number of amides is 1. The molecule has 0 bridgehead atoms. The van der Waals surface area contributed by atoms with Gasteiger partial charge in [-0.1, -0.05) is 0 Å². The van der Waals surface area contributed by atoms with Crippen molar-refractivity contribution in [3.63, 3.8) is 0 Å². The standard InChI is InChI=1S/C17H25NO4/c1-3-20-12-17-7-4-9-22-15(17)5-8-18(11-17)16(19)14-6-10-21-13(14)2/h6,10,15H,3-5,7-9,11-12H2,1-2H3/t15-,17+/m1/s1. The first kappa shape index (κ1) is 15.6. The Morgan fingerprint density at radius 1 is 1.55 bits per heavy atom. The zero-order valence-corrected chi connectivity index (χ0v) is 13.5. The van der Waals surface area contributed by atoms with Crippen molar-refractivity contribution in [1.82, 2.24) is 4.90 Å². The van der Waals surface area contributed by atoms with Gasteiger partial charge in [0.2, 0.25) is 0 Å². The Hall–Kier alpha value is -1.33. The number of carbonyl (C=O) groups excluding carboxylic acids is 1. The predicted octanol–water partition coefficient (Wildman–Crippen LogP) is 2.64. The predicted molar refractivity (Wildman–Crippen MR) is 81.9 cm³/mol. The lowest BCUT2D eigenvalue weighted by molar-refractivity contribution is -0.146. The molecule has 122 valence electrons. The Bertz CT molecular complexity index is 526. The summed E-state index contributed by atoms with van der Waals surface area (Å²) in [6.45, 7) is 7.48. The van der Waals surface area contributed by atoms with E-state index in [-0.39, 0.29) is 17.4 Å². The van der Waals surface area contributed by atoms with Crippen LogP contribution in [0.25, 0.3) is 0 Å². The number of furan rings is 1. The van der Waals surface area contributed by atoms with Crippen molar-refractivity contribution in [1.29, 1.82) is 0 Å². The van der Waals surface area contributed by atoms with Crippen LogP contribution in [-0.2, 0) is 9.47 Å². The number of hydrogen-bond donors (Lipinski definition) is 0. The van der Waals surface area contributed by atoms with Gasteiger partial charge in [-0.2, -0.15) is 0 Å². The van der Waals surface area contributed by atoms with E-state index in [2.05, 4.69) is 0 Å². The molecule has 5 nitrogen and oxygen atoms in total. The Morgan fingerprint density at radius 2 is 2.41 bits per heavy atom. The molecule has 0 aliphatic carbocycles. The van der Waals surface area contributed by atoms with Gasteiger partial charge in [-0.25, -0.2) is 0 Å². The van der Waals surface area contributed by atoms with Crippen LogP contribution in [0.5, 0.6) is 0 Å². The molecule has 1 amide bonds. The highest BCUT2D eigenvalue weighted by Gasteiger charge is 2.47. The number of likely N-dealkylation sites (tertiary alicyclic amines) is 1. The first-order valence-electron chi connectivity index (χ1n) is 8.19. The molecule has 0 radical (unpaired) electrons. The average molecular weight is 307 g/mol. The normalized spacial score (nSPS) is 28.5. The van der Waals surface area contributed by atoms with Crippen LogP contribution in [0, 0.1) is 12.3 Å². The molecule has 2 atom stereocenters. The minimum atomic E-state index is -0.0557. The number of hydrogen-bond acceptors (Lipinski definition) is 4. The van der Waals surface area contributed by atoms with Crippen LogP contribution in [0.1, 0.15) is 42.3 Å². The van der Waals surface area contributed by atoms with Gasteiger partial charge in [0.1, 0.15) is 5.76 Å². The van der Waals surface area contributed by atoms with E-state index in [9.17, 15) is 4.79 Å². The van der Waals surface area contributed by atoms with E-state index in [1.54, 1.807) is 12.3 Å². The van der Waals surface area contributed by atoms with Crippen molar-refractivity contribution >= 4 is 5.91 Å². The van der Waals surface area contributed by atoms with Gasteiger partial charge in [0, 0.05) is 31.7 Å². The van der Waals surface area contributed by atoms with Crippen molar-refractivity contribution in [2.45, 2.75) is 39.2 Å². The van der Waals surface area contributed by atoms with E-state index in [0.717, 1.165) is 32.4 Å². The van der Waals surface area contributed by atoms with Crippen molar-refractivity contribution in [3.05, 3.63) is 23.7 Å². The summed E-state index contributed by atoms with van der Waals surface area (Å²) in [7, 11) is 0. The number of piperidine rings is 1. The maximum absolute atomic E-state index is 12.8. The third kappa shape index (κ3) is 2.79. The third-order valence-electron chi connectivity index (χ3n) is 4.96. The van der Waals surface area contributed by atoms with E-state index >= 15 is 0 Å². The molecule has 5 heteroatoms. The molecule has 0 unspecified atom stereocenters. The molecule has 2 aliphatic rings. The Labute approximate surface area is 131 Å². The zero-order chi connectivity index (χ0) is 15.6. The SMILES string of the molecule is CCOC[C@@]12CCCO[C@@H]1CCN(C(=O)c1ccoc1C)C2. The molecule has 3 heterocycles. The van der Waals surface area contributed by atoms with Gasteiger partial charge in [0.05, 0.1) is 24.5 Å². The molecule has 2 aliphatic heterocycles. The summed E-state index contributed by atoms with van der Waals surface area (Å²) in [5.41, 5.74) is 0.613. The smallest absolute Gasteiger partial charge is 0.257 e. The summed E-state index contributed by atoms with van der Waals surface area (Å²) >= 11 is 0. The highest BCUT2D eigenvalue weighted by molar-refractivity contribution is 5.95. The van der Waals surface area contributed by atoms with E-state index in [0.29, 0.717) is 31.1 Å². The monoisotopic (exact) mass is 307 g/mol. The molecule has 1 aromatic heterocycles. The third-order valence-corrected chi connectivity index (χ3v) is 4.96. The molecule has 2 fully saturated rings. The first-order valence-corrected chi connectivity index (χ1v) is 8.19. The fourth-order valence-electron chi connectivity index (χ4n) is 3.76. The maximum Gasteiger partial charge on any atom is 0.257 e. The lowest BCUT2D eigenvalue weighted by Gasteiger charge is -2.50. The minimum Gasteiger partial charge on any atom is -0.469 e. The van der Waals surface area contributed by atoms with Crippen molar-refractivity contribution in [2.24, 2.45) is 5.41 Å². The summed E-state index contributed by atoms with van der Waals surface area (Å²) in [6, 6.07) is 1.76. The fraction of sp³-hybridized carbons (Fsp3) is 0.706. The van der Waals surface area contributed by atoms with Gasteiger partial charge in [-0.3, -0.25) is 4.79 Å². The molecule has 0 spiro atoms. The highest BCUT2D eigenvalue weighted by atomic mass is 16.5. The highest BCUT2D eigenvalue weighted by Crippen LogP contribution is 2.40. The van der Waals surface area contributed by atoms with Crippen molar-refractivity contribution in [2.75, 3.05) is 32.9 Å². The van der Waals surface area contributed by atoms with Crippen LogP contribution in [0.4, 0.5) is 0 Å². The van der Waals surface area contributed by atoms with Crippen LogP contribution in [-0.4, -0.2) is 49.8 Å². The van der Waals surface area contributed by atoms with Gasteiger partial charge in [-0.05, 0) is 39.2 Å². The summed E-state index contributed by atoms with van der Waals surface area (Å²) < 4.78 is 17.0. The molecule has 3 rings (SSSR count). The lowest BCUT2D eigenvalue weighted by atomic mass is 9.73. The quantitative estimate of drug-likeness (QED) is 0.858. The van der Waals surface area contributed by atoms with Crippen LogP contribution in [0.3, 0.4) is 0 Å². The molecule has 0 saturated carbocycles. The van der Waals surface area contributed by atoms with E-state index in [1.165, 1.54) is 0 Å². The second kappa shape index (κ2) is 6.42. The van der Waals surface area contributed by atoms with Gasteiger partial charge in [0.25, 0.3) is 5.91 Å². The molecular formula is C17H25NO4. The fourth-order valence-corrected chi connectivity index (χ4v) is 3.76. The second-order valence-corrected chi connectivity index (χ2v) is 6.37. The zero-order valence-electron chi connectivity index (χ0n) is 13.5. The number of fused-ring (bicyclic) bond motifs is 1. The molecule has 2 saturated heterocycles. The first-order chi connectivity index (χ1) is 10.7. The van der Waals surface area contributed by atoms with Crippen LogP contribution >= 0.6 is 0 Å². The molecule has 22 heavy (non-hydrogen) atoms. The Morgan fingerprint density at radius 3 is 3.14 bits per heavy atom. The van der Waals surface area contributed by atoms with Gasteiger partial charge in [-0.15, -0.1) is 0 Å². The van der Waals surface area contributed by atoms with Gasteiger partial charge < -0.3 is 18.8 Å². The Balaban J connectivity index is 1.78. The number of ether oxygens (including phenoxy) is 2. The largest absolute Gasteiger partial charge is 0.469 e. The second-order valence-electron chi connectivity index (χ2n) is 6.37. The van der Waals surface area contributed by atoms with Crippen LogP contribution in [0.15, 0.2) is 16.7 Å². The van der Waals surface area contributed by atoms with Crippen LogP contribution in [0.2, 0.25) is 0 Å². The molecule has 0 N–H and O–H groups in total. The molecular weight excluding hydrogens is 282 g/mol. The Kier molecular flexibility index (Phi) is 4.54. The van der Waals surface area contributed by atoms with Gasteiger partial charge >= 0.3 is 0 Å². The van der Waals surface area contributed by atoms with Crippen molar-refractivity contribution < 1.29 is 18.7 Å². The average Bonchev–Trinajstić information content (AvgIpc) is 2.97. The number of carbonyl (C=O) groups is 1. The number of aryl methyl sites for hydroxylation is 1. The van der Waals surface area contributed by atoms with E-state index < -0.39 is 0 Å². The van der Waals surface area contributed by atoms with Gasteiger partial charge in [0.15, 0.2) is 0 Å². The number of nitrogens with zero attached hydrogens (tertiary/aromatic N) is 1. The van der Waals surface area contributed by atoms with E-state index in [1.807, 2.05) is 18.7 Å². The van der Waals surface area contributed by atoms with Crippen LogP contribution < -0.4 is 0 Å². The maximum atomic E-state index is 12.8. The molecule has 1 aromatic rings. The summed E-state index contributed by atoms with van der Waals surface area (Å²) in [6.07, 6.45) is 4.77. The minimum absolute atomic E-state index is 0.0557. The summed E-state index contributed by atoms with van der Waals surface area (Å²) in [4.78, 5) is 14.7. The van der Waals surface area contributed by atoms with E-state index in [4.69, 9.17) is 13.9 Å². The summed E-state index contributed by atoms with van der Waals surface area (Å²) in [5, 5.41) is 0. The number of rotatable bonds is 4.